The van der Waals surface area contributed by atoms with Gasteiger partial charge in [0, 0.05) is 32.1 Å². The van der Waals surface area contributed by atoms with Crippen LogP contribution in [0.5, 0.6) is 0 Å². The lowest BCUT2D eigenvalue weighted by molar-refractivity contribution is 0.0524. The van der Waals surface area contributed by atoms with E-state index in [4.69, 9.17) is 4.74 Å². The lowest BCUT2D eigenvalue weighted by atomic mass is 10.1. The molecule has 1 fully saturated rings. The largest absolute Gasteiger partial charge is 0.376 e. The molecule has 1 aliphatic rings. The molecule has 2 aromatic rings. The average molecular weight is 310 g/mol. The van der Waals surface area contributed by atoms with Crippen LogP contribution in [0.25, 0.3) is 0 Å². The van der Waals surface area contributed by atoms with Gasteiger partial charge in [0.25, 0.3) is 5.91 Å². The summed E-state index contributed by atoms with van der Waals surface area (Å²) in [5.41, 5.74) is 1.99. The summed E-state index contributed by atoms with van der Waals surface area (Å²) in [5, 5.41) is 0. The Hall–Kier alpha value is -2.20. The number of hydrogen-bond acceptors (Lipinski definition) is 3. The van der Waals surface area contributed by atoms with E-state index >= 15 is 0 Å². The molecule has 1 aliphatic heterocycles. The second-order valence-corrected chi connectivity index (χ2v) is 5.86. The van der Waals surface area contributed by atoms with Gasteiger partial charge >= 0.3 is 0 Å². The molecule has 1 amide bonds. The fourth-order valence-corrected chi connectivity index (χ4v) is 2.89. The van der Waals surface area contributed by atoms with Crippen molar-refractivity contribution in [2.75, 3.05) is 19.7 Å². The molecule has 2 heterocycles. The molecule has 1 atom stereocenters. The van der Waals surface area contributed by atoms with Crippen molar-refractivity contribution in [1.29, 1.82) is 0 Å². The number of likely N-dealkylation sites (tertiary alicyclic amines) is 1. The van der Waals surface area contributed by atoms with Gasteiger partial charge in [-0.25, -0.2) is 0 Å². The van der Waals surface area contributed by atoms with Gasteiger partial charge in [0.05, 0.1) is 11.7 Å². The van der Waals surface area contributed by atoms with Gasteiger partial charge in [-0.05, 0) is 37.0 Å². The lowest BCUT2D eigenvalue weighted by Crippen LogP contribution is -2.30. The third kappa shape index (κ3) is 4.39. The van der Waals surface area contributed by atoms with Gasteiger partial charge in [-0.3, -0.25) is 9.78 Å². The maximum Gasteiger partial charge on any atom is 0.255 e. The number of hydrogen-bond donors (Lipinski definition) is 0. The smallest absolute Gasteiger partial charge is 0.255 e. The highest BCUT2D eigenvalue weighted by Gasteiger charge is 2.27. The van der Waals surface area contributed by atoms with Crippen molar-refractivity contribution in [2.45, 2.75) is 25.4 Å². The van der Waals surface area contributed by atoms with Crippen LogP contribution < -0.4 is 0 Å². The van der Waals surface area contributed by atoms with E-state index < -0.39 is 0 Å². The SMILES string of the molecule is O=C(c1cccnc1)N1CC[C@H](OCCCc2ccccc2)C1. The molecule has 3 rings (SSSR count). The molecule has 4 heteroatoms. The highest BCUT2D eigenvalue weighted by molar-refractivity contribution is 5.94. The average Bonchev–Trinajstić information content (AvgIpc) is 3.09. The minimum absolute atomic E-state index is 0.0495. The van der Waals surface area contributed by atoms with Crippen LogP contribution in [0.3, 0.4) is 0 Å². The Morgan fingerprint density at radius 3 is 2.87 bits per heavy atom. The van der Waals surface area contributed by atoms with Crippen LogP contribution in [-0.2, 0) is 11.2 Å². The van der Waals surface area contributed by atoms with E-state index in [1.807, 2.05) is 17.0 Å². The van der Waals surface area contributed by atoms with Gasteiger partial charge in [0.2, 0.25) is 0 Å². The maximum atomic E-state index is 12.3. The molecule has 0 radical (unpaired) electrons. The van der Waals surface area contributed by atoms with E-state index in [1.165, 1.54) is 5.56 Å². The second kappa shape index (κ2) is 7.88. The van der Waals surface area contributed by atoms with Crippen LogP contribution in [0, 0.1) is 0 Å². The number of aryl methyl sites for hydroxylation is 1. The zero-order chi connectivity index (χ0) is 15.9. The zero-order valence-electron chi connectivity index (χ0n) is 13.2. The first-order chi connectivity index (χ1) is 11.3. The van der Waals surface area contributed by atoms with Gasteiger partial charge in [0.1, 0.15) is 0 Å². The number of pyridine rings is 1. The van der Waals surface area contributed by atoms with Gasteiger partial charge in [-0.1, -0.05) is 30.3 Å². The normalized spacial score (nSPS) is 17.4. The second-order valence-electron chi connectivity index (χ2n) is 5.86. The maximum absolute atomic E-state index is 12.3. The fraction of sp³-hybridized carbons (Fsp3) is 0.368. The molecule has 0 saturated carbocycles. The van der Waals surface area contributed by atoms with Crippen molar-refractivity contribution >= 4 is 5.91 Å². The predicted molar refractivity (Wildman–Crippen MR) is 89.3 cm³/mol. The third-order valence-electron chi connectivity index (χ3n) is 4.15. The summed E-state index contributed by atoms with van der Waals surface area (Å²) in [6.07, 6.45) is 6.42. The van der Waals surface area contributed by atoms with Crippen molar-refractivity contribution in [3.63, 3.8) is 0 Å². The monoisotopic (exact) mass is 310 g/mol. The Morgan fingerprint density at radius 2 is 2.09 bits per heavy atom. The Balaban J connectivity index is 1.39. The number of ether oxygens (including phenoxy) is 1. The highest BCUT2D eigenvalue weighted by Crippen LogP contribution is 2.16. The van der Waals surface area contributed by atoms with Crippen molar-refractivity contribution in [1.82, 2.24) is 9.88 Å². The summed E-state index contributed by atoms with van der Waals surface area (Å²) in [5.74, 6) is 0.0495. The first-order valence-electron chi connectivity index (χ1n) is 8.18. The number of carbonyl (C=O) groups excluding carboxylic acids is 1. The zero-order valence-corrected chi connectivity index (χ0v) is 13.2. The van der Waals surface area contributed by atoms with Crippen LogP contribution in [0.15, 0.2) is 54.9 Å². The Bertz CT molecular complexity index is 616. The summed E-state index contributed by atoms with van der Waals surface area (Å²) >= 11 is 0. The molecule has 23 heavy (non-hydrogen) atoms. The Labute approximate surface area is 137 Å². The van der Waals surface area contributed by atoms with Crippen LogP contribution in [0.4, 0.5) is 0 Å². The van der Waals surface area contributed by atoms with Crippen LogP contribution in [0.2, 0.25) is 0 Å². The van der Waals surface area contributed by atoms with E-state index in [-0.39, 0.29) is 12.0 Å². The Kier molecular flexibility index (Phi) is 5.37. The predicted octanol–water partition coefficient (Wildman–Crippen LogP) is 2.95. The number of amides is 1. The molecule has 120 valence electrons. The molecular weight excluding hydrogens is 288 g/mol. The molecule has 0 bridgehead atoms. The van der Waals surface area contributed by atoms with Gasteiger partial charge < -0.3 is 9.64 Å². The van der Waals surface area contributed by atoms with Crippen molar-refractivity contribution < 1.29 is 9.53 Å². The van der Waals surface area contributed by atoms with E-state index in [9.17, 15) is 4.79 Å². The van der Waals surface area contributed by atoms with E-state index in [2.05, 4.69) is 29.2 Å². The van der Waals surface area contributed by atoms with Crippen LogP contribution >= 0.6 is 0 Å². The summed E-state index contributed by atoms with van der Waals surface area (Å²) in [4.78, 5) is 18.2. The first kappa shape index (κ1) is 15.7. The quantitative estimate of drug-likeness (QED) is 0.770. The molecule has 0 unspecified atom stereocenters. The van der Waals surface area contributed by atoms with E-state index in [0.29, 0.717) is 12.1 Å². The van der Waals surface area contributed by atoms with Gasteiger partial charge in [-0.2, -0.15) is 0 Å². The summed E-state index contributed by atoms with van der Waals surface area (Å²) in [7, 11) is 0. The Morgan fingerprint density at radius 1 is 1.22 bits per heavy atom. The first-order valence-corrected chi connectivity index (χ1v) is 8.18. The number of nitrogens with zero attached hydrogens (tertiary/aromatic N) is 2. The van der Waals surface area contributed by atoms with Gasteiger partial charge in [0.15, 0.2) is 0 Å². The van der Waals surface area contributed by atoms with Crippen molar-refractivity contribution in [3.8, 4) is 0 Å². The molecule has 1 aromatic carbocycles. The summed E-state index contributed by atoms with van der Waals surface area (Å²) < 4.78 is 5.93. The molecule has 0 N–H and O–H groups in total. The minimum atomic E-state index is 0.0495. The number of aromatic nitrogens is 1. The minimum Gasteiger partial charge on any atom is -0.376 e. The van der Waals surface area contributed by atoms with Crippen molar-refractivity contribution in [3.05, 3.63) is 66.0 Å². The standard InChI is InChI=1S/C19H22N2O2/c22-19(17-9-4-11-20-14-17)21-12-10-18(15-21)23-13-5-8-16-6-2-1-3-7-16/h1-4,6-7,9,11,14,18H,5,8,10,12-13,15H2/t18-/m0/s1. The molecule has 0 spiro atoms. The fourth-order valence-electron chi connectivity index (χ4n) is 2.89. The van der Waals surface area contributed by atoms with Gasteiger partial charge in [-0.15, -0.1) is 0 Å². The number of rotatable bonds is 6. The molecule has 1 saturated heterocycles. The van der Waals surface area contributed by atoms with Crippen molar-refractivity contribution in [2.24, 2.45) is 0 Å². The summed E-state index contributed by atoms with van der Waals surface area (Å²) in [6.45, 7) is 2.19. The van der Waals surface area contributed by atoms with Crippen LogP contribution in [0.1, 0.15) is 28.8 Å². The molecule has 0 aliphatic carbocycles. The summed E-state index contributed by atoms with van der Waals surface area (Å²) in [6, 6.07) is 14.1. The topological polar surface area (TPSA) is 42.4 Å². The lowest BCUT2D eigenvalue weighted by Gasteiger charge is -2.16. The molecule has 4 nitrogen and oxygen atoms in total. The molecular formula is C19H22N2O2. The number of benzene rings is 1. The highest BCUT2D eigenvalue weighted by atomic mass is 16.5. The third-order valence-corrected chi connectivity index (χ3v) is 4.15. The number of carbonyl (C=O) groups is 1. The van der Waals surface area contributed by atoms with Crippen LogP contribution in [-0.4, -0.2) is 41.6 Å². The van der Waals surface area contributed by atoms with E-state index in [0.717, 1.165) is 32.4 Å². The molecule has 1 aromatic heterocycles. The van der Waals surface area contributed by atoms with E-state index in [1.54, 1.807) is 18.5 Å².